The zero-order valence-corrected chi connectivity index (χ0v) is 30.9. The van der Waals surface area contributed by atoms with E-state index in [1.54, 1.807) is 0 Å². The summed E-state index contributed by atoms with van der Waals surface area (Å²) in [6, 6.07) is 69.5. The quantitative estimate of drug-likeness (QED) is 0.172. The molecular formula is C53H38N2. The number of fused-ring (bicyclic) bond motifs is 4. The van der Waals surface area contributed by atoms with E-state index in [0.29, 0.717) is 5.82 Å². The minimum absolute atomic E-state index is 0.0831. The lowest BCUT2D eigenvalue weighted by atomic mass is 9.81. The number of nitrogens with zero attached hydrogens (tertiary/aromatic N) is 2. The van der Waals surface area contributed by atoms with E-state index in [1.165, 1.54) is 44.2 Å². The van der Waals surface area contributed by atoms with Crippen molar-refractivity contribution in [2.24, 2.45) is 0 Å². The fraction of sp³-hybridized carbons (Fsp3) is 0.0566. The first-order valence-corrected chi connectivity index (χ1v) is 19.0. The van der Waals surface area contributed by atoms with Crippen molar-refractivity contribution in [2.45, 2.75) is 19.3 Å². The molecule has 0 fully saturated rings. The van der Waals surface area contributed by atoms with Crippen molar-refractivity contribution in [3.05, 3.63) is 205 Å². The largest absolute Gasteiger partial charge is 0.228 e. The summed E-state index contributed by atoms with van der Waals surface area (Å²) >= 11 is 0. The molecule has 1 heterocycles. The van der Waals surface area contributed by atoms with Crippen LogP contribution in [0.1, 0.15) is 25.0 Å². The molecule has 0 aliphatic heterocycles. The summed E-state index contributed by atoms with van der Waals surface area (Å²) in [5.41, 5.74) is 17.3. The Kier molecular flexibility index (Phi) is 7.85. The molecule has 1 aliphatic carbocycles. The summed E-state index contributed by atoms with van der Waals surface area (Å²) in [6.45, 7) is 4.72. The van der Waals surface area contributed by atoms with Crippen LogP contribution in [-0.2, 0) is 5.41 Å². The molecule has 0 saturated heterocycles. The molecule has 10 rings (SSSR count). The summed E-state index contributed by atoms with van der Waals surface area (Å²) in [4.78, 5) is 10.4. The summed E-state index contributed by atoms with van der Waals surface area (Å²) in [7, 11) is 0. The predicted octanol–water partition coefficient (Wildman–Crippen LogP) is 13.9. The van der Waals surface area contributed by atoms with E-state index >= 15 is 0 Å². The molecule has 55 heavy (non-hydrogen) atoms. The van der Waals surface area contributed by atoms with E-state index in [9.17, 15) is 0 Å². The van der Waals surface area contributed by atoms with Crippen molar-refractivity contribution in [1.82, 2.24) is 9.97 Å². The van der Waals surface area contributed by atoms with Crippen molar-refractivity contribution in [3.63, 3.8) is 0 Å². The fourth-order valence-corrected chi connectivity index (χ4v) is 8.52. The maximum absolute atomic E-state index is 5.24. The summed E-state index contributed by atoms with van der Waals surface area (Å²) in [5, 5.41) is 2.57. The van der Waals surface area contributed by atoms with Crippen LogP contribution in [0.4, 0.5) is 0 Å². The Morgan fingerprint density at radius 1 is 0.327 bits per heavy atom. The third-order valence-corrected chi connectivity index (χ3v) is 11.3. The second-order valence-corrected chi connectivity index (χ2v) is 15.0. The van der Waals surface area contributed by atoms with Crippen LogP contribution < -0.4 is 0 Å². The minimum Gasteiger partial charge on any atom is -0.228 e. The molecular weight excluding hydrogens is 665 g/mol. The third-order valence-electron chi connectivity index (χ3n) is 11.3. The number of hydrogen-bond acceptors (Lipinski definition) is 2. The van der Waals surface area contributed by atoms with Gasteiger partial charge in [-0.15, -0.1) is 0 Å². The van der Waals surface area contributed by atoms with Crippen LogP contribution in [0.15, 0.2) is 194 Å². The maximum atomic E-state index is 5.24. The highest BCUT2D eigenvalue weighted by molar-refractivity contribution is 5.99. The van der Waals surface area contributed by atoms with Gasteiger partial charge in [-0.05, 0) is 84.6 Å². The molecule has 0 saturated carbocycles. The van der Waals surface area contributed by atoms with Crippen LogP contribution >= 0.6 is 0 Å². The summed E-state index contributed by atoms with van der Waals surface area (Å²) in [5.74, 6) is 0.704. The molecule has 2 heteroatoms. The number of benzene rings is 8. The molecule has 0 atom stereocenters. The van der Waals surface area contributed by atoms with E-state index in [1.807, 2.05) is 18.2 Å². The Bertz CT molecular complexity index is 2870. The molecule has 9 aromatic rings. The van der Waals surface area contributed by atoms with Gasteiger partial charge in [0, 0.05) is 22.1 Å². The van der Waals surface area contributed by atoms with Crippen molar-refractivity contribution < 1.29 is 0 Å². The van der Waals surface area contributed by atoms with Gasteiger partial charge >= 0.3 is 0 Å². The van der Waals surface area contributed by atoms with E-state index < -0.39 is 0 Å². The zero-order chi connectivity index (χ0) is 36.9. The third kappa shape index (κ3) is 5.66. The van der Waals surface area contributed by atoms with E-state index in [0.717, 1.165) is 50.3 Å². The Labute approximate surface area is 322 Å². The predicted molar refractivity (Wildman–Crippen MR) is 230 cm³/mol. The lowest BCUT2D eigenvalue weighted by Gasteiger charge is -2.22. The highest BCUT2D eigenvalue weighted by Gasteiger charge is 2.37. The Balaban J connectivity index is 1.09. The molecule has 0 amide bonds. The second-order valence-electron chi connectivity index (χ2n) is 15.0. The van der Waals surface area contributed by atoms with Gasteiger partial charge in [0.25, 0.3) is 0 Å². The maximum Gasteiger partial charge on any atom is 0.160 e. The molecule has 1 aliphatic rings. The van der Waals surface area contributed by atoms with Gasteiger partial charge in [-0.3, -0.25) is 0 Å². The molecule has 0 bridgehead atoms. The monoisotopic (exact) mass is 702 g/mol. The van der Waals surface area contributed by atoms with Gasteiger partial charge in [0.05, 0.1) is 11.4 Å². The molecule has 260 valence electrons. The van der Waals surface area contributed by atoms with Crippen molar-refractivity contribution in [2.75, 3.05) is 0 Å². The average Bonchev–Trinajstić information content (AvgIpc) is 3.48. The Morgan fingerprint density at radius 3 is 1.38 bits per heavy atom. The number of aromatic nitrogens is 2. The van der Waals surface area contributed by atoms with Gasteiger partial charge in [0.2, 0.25) is 0 Å². The molecule has 1 aromatic heterocycles. The highest BCUT2D eigenvalue weighted by Crippen LogP contribution is 2.53. The van der Waals surface area contributed by atoms with Gasteiger partial charge in [-0.1, -0.05) is 190 Å². The topological polar surface area (TPSA) is 25.8 Å². The second kappa shape index (κ2) is 13.2. The lowest BCUT2D eigenvalue weighted by molar-refractivity contribution is 0.661. The number of rotatable bonds is 6. The first-order chi connectivity index (χ1) is 27.0. The van der Waals surface area contributed by atoms with Crippen LogP contribution in [0.3, 0.4) is 0 Å². The standard InChI is InChI=1S/C53H38N2/c1-53(2)47-27-15-26-43(51(47)46-32-39-20-9-10-21-40(39)33-48(46)53)37-30-28-36(29-31-37)42-23-12-14-25-45(42)50-34-49(54-52(55-50)38-18-7-4-8-19-38)44-24-13-11-22-41(44)35-16-5-3-6-17-35/h3-34H,1-2H3. The van der Waals surface area contributed by atoms with Crippen LogP contribution in [0.25, 0.3) is 89.2 Å². The minimum atomic E-state index is -0.0831. The first kappa shape index (κ1) is 32.7. The Hall–Kier alpha value is -6.90. The van der Waals surface area contributed by atoms with Crippen molar-refractivity contribution >= 4 is 10.8 Å². The summed E-state index contributed by atoms with van der Waals surface area (Å²) < 4.78 is 0. The fourth-order valence-electron chi connectivity index (χ4n) is 8.52. The molecule has 0 N–H and O–H groups in total. The van der Waals surface area contributed by atoms with Crippen LogP contribution in [-0.4, -0.2) is 9.97 Å². The number of hydrogen-bond donors (Lipinski definition) is 0. The Morgan fingerprint density at radius 2 is 0.782 bits per heavy atom. The van der Waals surface area contributed by atoms with Crippen LogP contribution in [0.2, 0.25) is 0 Å². The molecule has 0 spiro atoms. The van der Waals surface area contributed by atoms with Gasteiger partial charge in [-0.25, -0.2) is 9.97 Å². The average molecular weight is 703 g/mol. The van der Waals surface area contributed by atoms with Gasteiger partial charge < -0.3 is 0 Å². The molecule has 2 nitrogen and oxygen atoms in total. The van der Waals surface area contributed by atoms with Crippen LogP contribution in [0, 0.1) is 0 Å². The van der Waals surface area contributed by atoms with Gasteiger partial charge in [0.15, 0.2) is 5.82 Å². The molecule has 8 aromatic carbocycles. The molecule has 0 unspecified atom stereocenters. The molecule has 0 radical (unpaired) electrons. The van der Waals surface area contributed by atoms with Crippen molar-refractivity contribution in [3.8, 4) is 78.4 Å². The zero-order valence-electron chi connectivity index (χ0n) is 30.9. The normalized spacial score (nSPS) is 12.7. The summed E-state index contributed by atoms with van der Waals surface area (Å²) in [6.07, 6.45) is 0. The van der Waals surface area contributed by atoms with Gasteiger partial charge in [-0.2, -0.15) is 0 Å². The highest BCUT2D eigenvalue weighted by atomic mass is 14.9. The van der Waals surface area contributed by atoms with E-state index in [4.69, 9.17) is 9.97 Å². The van der Waals surface area contributed by atoms with Crippen LogP contribution in [0.5, 0.6) is 0 Å². The first-order valence-electron chi connectivity index (χ1n) is 19.0. The smallest absolute Gasteiger partial charge is 0.160 e. The van der Waals surface area contributed by atoms with E-state index in [-0.39, 0.29) is 5.41 Å². The van der Waals surface area contributed by atoms with Gasteiger partial charge in [0.1, 0.15) is 0 Å². The SMILES string of the molecule is CC1(C)c2cc3ccccc3cc2-c2c(-c3ccc(-c4ccccc4-c4cc(-c5ccccc5-c5ccccc5)nc(-c5ccccc5)n4)cc3)cccc21. The lowest BCUT2D eigenvalue weighted by Crippen LogP contribution is -2.14. The van der Waals surface area contributed by atoms with E-state index in [2.05, 4.69) is 190 Å². The van der Waals surface area contributed by atoms with Crippen molar-refractivity contribution in [1.29, 1.82) is 0 Å².